The molecule has 1 aromatic carbocycles. The summed E-state index contributed by atoms with van der Waals surface area (Å²) in [4.78, 5) is 1.10. The van der Waals surface area contributed by atoms with E-state index in [1.165, 1.54) is 30.5 Å². The summed E-state index contributed by atoms with van der Waals surface area (Å²) < 4.78 is 12.7. The van der Waals surface area contributed by atoms with Crippen molar-refractivity contribution in [2.75, 3.05) is 12.3 Å². The first-order valence-electron chi connectivity index (χ1n) is 6.02. The van der Waals surface area contributed by atoms with Crippen molar-refractivity contribution in [3.63, 3.8) is 0 Å². The van der Waals surface area contributed by atoms with Crippen molar-refractivity contribution in [1.82, 2.24) is 5.32 Å². The van der Waals surface area contributed by atoms with Gasteiger partial charge < -0.3 is 5.32 Å². The van der Waals surface area contributed by atoms with Gasteiger partial charge in [-0.15, -0.1) is 11.8 Å². The number of hydrogen-bond acceptors (Lipinski definition) is 2. The molecule has 1 unspecified atom stereocenters. The Morgan fingerprint density at radius 3 is 2.82 bits per heavy atom. The second-order valence-electron chi connectivity index (χ2n) is 4.49. The summed E-state index contributed by atoms with van der Waals surface area (Å²) in [6.45, 7) is 5.26. The highest BCUT2D eigenvalue weighted by atomic mass is 32.2. The van der Waals surface area contributed by atoms with Crippen LogP contribution in [0, 0.1) is 5.82 Å². The highest BCUT2D eigenvalue weighted by Gasteiger charge is 2.14. The summed E-state index contributed by atoms with van der Waals surface area (Å²) in [7, 11) is 0. The lowest BCUT2D eigenvalue weighted by molar-refractivity contribution is 0.601. The van der Waals surface area contributed by atoms with E-state index in [0.29, 0.717) is 6.04 Å². The van der Waals surface area contributed by atoms with E-state index in [9.17, 15) is 4.39 Å². The van der Waals surface area contributed by atoms with Gasteiger partial charge in [-0.25, -0.2) is 4.39 Å². The highest BCUT2D eigenvalue weighted by molar-refractivity contribution is 7.99. The summed E-state index contributed by atoms with van der Waals surface area (Å²) in [5, 5.41) is 3.47. The molecule has 92 valence electrons. The lowest BCUT2D eigenvalue weighted by Gasteiger charge is -2.12. The summed E-state index contributed by atoms with van der Waals surface area (Å²) >= 11 is 1.73. The molecule has 1 aliphatic heterocycles. The summed E-state index contributed by atoms with van der Waals surface area (Å²) in [6, 6.07) is 7.27. The largest absolute Gasteiger partial charge is 0.314 e. The van der Waals surface area contributed by atoms with Gasteiger partial charge in [0.25, 0.3) is 0 Å². The first-order chi connectivity index (χ1) is 8.24. The van der Waals surface area contributed by atoms with Crippen LogP contribution in [-0.4, -0.2) is 18.3 Å². The van der Waals surface area contributed by atoms with Crippen LogP contribution >= 0.6 is 11.8 Å². The molecular weight excluding hydrogens is 233 g/mol. The van der Waals surface area contributed by atoms with E-state index in [1.54, 1.807) is 11.8 Å². The summed E-state index contributed by atoms with van der Waals surface area (Å²) in [5.41, 5.74) is 1.26. The van der Waals surface area contributed by atoms with Gasteiger partial charge in [-0.2, -0.15) is 0 Å². The number of benzene rings is 1. The monoisotopic (exact) mass is 251 g/mol. The molecule has 1 saturated heterocycles. The zero-order valence-corrected chi connectivity index (χ0v) is 10.7. The van der Waals surface area contributed by atoms with Gasteiger partial charge in [0.2, 0.25) is 0 Å². The fraction of sp³-hybridized carbons (Fsp3) is 0.429. The van der Waals surface area contributed by atoms with Gasteiger partial charge >= 0.3 is 0 Å². The number of hydrogen-bond donors (Lipinski definition) is 1. The summed E-state index contributed by atoms with van der Waals surface area (Å²) in [6.07, 6.45) is 3.61. The normalized spacial score (nSPS) is 19.5. The van der Waals surface area contributed by atoms with Crippen molar-refractivity contribution < 1.29 is 4.39 Å². The first kappa shape index (κ1) is 12.7. The Hall–Kier alpha value is -0.800. The van der Waals surface area contributed by atoms with Crippen LogP contribution in [0.1, 0.15) is 19.3 Å². The number of rotatable bonds is 5. The minimum Gasteiger partial charge on any atom is -0.314 e. The van der Waals surface area contributed by atoms with Crippen LogP contribution < -0.4 is 5.32 Å². The van der Waals surface area contributed by atoms with Crippen LogP contribution in [-0.2, 0) is 0 Å². The van der Waals surface area contributed by atoms with Crippen molar-refractivity contribution in [2.45, 2.75) is 30.2 Å². The van der Waals surface area contributed by atoms with Crippen LogP contribution in [0.4, 0.5) is 4.39 Å². The van der Waals surface area contributed by atoms with Crippen LogP contribution in [0.3, 0.4) is 0 Å². The third-order valence-corrected chi connectivity index (χ3v) is 4.11. The van der Waals surface area contributed by atoms with E-state index in [2.05, 4.69) is 11.9 Å². The molecule has 2 rings (SSSR count). The van der Waals surface area contributed by atoms with Crippen LogP contribution in [0.25, 0.3) is 0 Å². The summed E-state index contributed by atoms with van der Waals surface area (Å²) in [5.74, 6) is 0.743. The number of nitrogens with one attached hydrogen (secondary N) is 1. The van der Waals surface area contributed by atoms with Crippen LogP contribution in [0.15, 0.2) is 41.3 Å². The molecule has 17 heavy (non-hydrogen) atoms. The molecule has 1 aromatic rings. The van der Waals surface area contributed by atoms with Crippen LogP contribution in [0.2, 0.25) is 0 Å². The second-order valence-corrected chi connectivity index (χ2v) is 5.54. The Morgan fingerprint density at radius 2 is 2.18 bits per heavy atom. The maximum absolute atomic E-state index is 12.7. The van der Waals surface area contributed by atoms with E-state index in [1.807, 2.05) is 12.1 Å². The number of halogens is 1. The van der Waals surface area contributed by atoms with Crippen molar-refractivity contribution in [3.8, 4) is 0 Å². The standard InChI is InChI=1S/C14H18FNS/c1-11(9-13-3-2-8-16-13)10-17-14-6-4-12(15)5-7-14/h4-7,13,16H,1-3,8-10H2. The van der Waals surface area contributed by atoms with E-state index in [0.717, 1.165) is 23.6 Å². The molecule has 1 fully saturated rings. The molecule has 1 aliphatic rings. The van der Waals surface area contributed by atoms with Gasteiger partial charge in [0.05, 0.1) is 0 Å². The molecule has 0 saturated carbocycles. The maximum Gasteiger partial charge on any atom is 0.123 e. The van der Waals surface area contributed by atoms with Gasteiger partial charge in [0, 0.05) is 16.7 Å². The third-order valence-electron chi connectivity index (χ3n) is 2.95. The second kappa shape index (κ2) is 6.22. The molecule has 0 bridgehead atoms. The lowest BCUT2D eigenvalue weighted by Crippen LogP contribution is -2.21. The van der Waals surface area contributed by atoms with Gasteiger partial charge in [0.1, 0.15) is 5.82 Å². The van der Waals surface area contributed by atoms with Gasteiger partial charge in [-0.05, 0) is 50.1 Å². The quantitative estimate of drug-likeness (QED) is 0.633. The Balaban J connectivity index is 1.73. The lowest BCUT2D eigenvalue weighted by atomic mass is 10.1. The molecule has 3 heteroatoms. The molecule has 0 radical (unpaired) electrons. The molecule has 1 N–H and O–H groups in total. The van der Waals surface area contributed by atoms with Crippen molar-refractivity contribution in [2.24, 2.45) is 0 Å². The van der Waals surface area contributed by atoms with Gasteiger partial charge in [0.15, 0.2) is 0 Å². The van der Waals surface area contributed by atoms with Crippen molar-refractivity contribution in [3.05, 3.63) is 42.2 Å². The fourth-order valence-corrected chi connectivity index (χ4v) is 2.87. The molecule has 1 heterocycles. The average Bonchev–Trinajstić information content (AvgIpc) is 2.81. The van der Waals surface area contributed by atoms with E-state index < -0.39 is 0 Å². The smallest absolute Gasteiger partial charge is 0.123 e. The molecular formula is C14H18FNS. The third kappa shape index (κ3) is 4.17. The Bertz CT molecular complexity index is 368. The van der Waals surface area contributed by atoms with E-state index >= 15 is 0 Å². The molecule has 0 spiro atoms. The Kier molecular flexibility index (Phi) is 4.63. The minimum absolute atomic E-state index is 0.177. The average molecular weight is 251 g/mol. The van der Waals surface area contributed by atoms with E-state index in [4.69, 9.17) is 0 Å². The predicted octanol–water partition coefficient (Wildman–Crippen LogP) is 3.62. The highest BCUT2D eigenvalue weighted by Crippen LogP contribution is 2.23. The number of thioether (sulfide) groups is 1. The fourth-order valence-electron chi connectivity index (χ4n) is 2.05. The Morgan fingerprint density at radius 1 is 1.41 bits per heavy atom. The minimum atomic E-state index is -0.177. The molecule has 0 aliphatic carbocycles. The first-order valence-corrected chi connectivity index (χ1v) is 7.01. The molecule has 1 nitrogen and oxygen atoms in total. The van der Waals surface area contributed by atoms with Crippen LogP contribution in [0.5, 0.6) is 0 Å². The molecule has 0 aromatic heterocycles. The topological polar surface area (TPSA) is 12.0 Å². The van der Waals surface area contributed by atoms with Crippen molar-refractivity contribution in [1.29, 1.82) is 0 Å². The Labute approximate surface area is 106 Å². The maximum atomic E-state index is 12.7. The molecule has 1 atom stereocenters. The van der Waals surface area contributed by atoms with Gasteiger partial charge in [-0.1, -0.05) is 12.2 Å². The predicted molar refractivity (Wildman–Crippen MR) is 71.9 cm³/mol. The zero-order valence-electron chi connectivity index (χ0n) is 9.92. The molecule has 0 amide bonds. The SMILES string of the molecule is C=C(CSc1ccc(F)cc1)CC1CCCN1. The van der Waals surface area contributed by atoms with Gasteiger partial charge in [-0.3, -0.25) is 0 Å². The van der Waals surface area contributed by atoms with Crippen molar-refractivity contribution >= 4 is 11.8 Å². The van der Waals surface area contributed by atoms with E-state index in [-0.39, 0.29) is 5.82 Å². The zero-order chi connectivity index (χ0) is 12.1.